The fraction of sp³-hybridized carbons (Fsp3) is 0.800. The number of hydrogen-bond acceptors (Lipinski definition) is 3. The topological polar surface area (TPSA) is 33.1 Å². The van der Waals surface area contributed by atoms with E-state index in [2.05, 4.69) is 43.0 Å². The average molecular weight is 299 g/mol. The van der Waals surface area contributed by atoms with Crippen LogP contribution in [0.3, 0.4) is 0 Å². The van der Waals surface area contributed by atoms with Gasteiger partial charge in [-0.25, -0.2) is 0 Å². The van der Waals surface area contributed by atoms with Crippen LogP contribution < -0.4 is 5.32 Å². The summed E-state index contributed by atoms with van der Waals surface area (Å²) >= 11 is 6.50. The smallest absolute Gasteiger partial charge is 0.0863 e. The molecule has 0 bridgehead atoms. The van der Waals surface area contributed by atoms with Crippen molar-refractivity contribution in [3.8, 4) is 0 Å². The lowest BCUT2D eigenvalue weighted by atomic mass is 9.92. The molecule has 0 aliphatic carbocycles. The molecule has 0 saturated carbocycles. The molecule has 0 spiro atoms. The van der Waals surface area contributed by atoms with Gasteiger partial charge in [0, 0.05) is 38.3 Å². The lowest BCUT2D eigenvalue weighted by Gasteiger charge is -2.47. The molecule has 1 fully saturated rings. The van der Waals surface area contributed by atoms with E-state index < -0.39 is 0 Å². The summed E-state index contributed by atoms with van der Waals surface area (Å²) in [4.78, 5) is 2.55. The molecule has 1 N–H and O–H groups in total. The van der Waals surface area contributed by atoms with E-state index >= 15 is 0 Å². The molecule has 1 aliphatic heterocycles. The van der Waals surface area contributed by atoms with Crippen molar-refractivity contribution in [2.75, 3.05) is 13.1 Å². The van der Waals surface area contributed by atoms with E-state index in [-0.39, 0.29) is 5.54 Å². The van der Waals surface area contributed by atoms with Gasteiger partial charge in [0.25, 0.3) is 0 Å². The second kappa shape index (κ2) is 6.04. The van der Waals surface area contributed by atoms with E-state index in [1.165, 1.54) is 0 Å². The molecule has 2 heterocycles. The van der Waals surface area contributed by atoms with Gasteiger partial charge in [0.2, 0.25) is 0 Å². The van der Waals surface area contributed by atoms with Crippen molar-refractivity contribution in [1.29, 1.82) is 0 Å². The van der Waals surface area contributed by atoms with Crippen LogP contribution in [0.4, 0.5) is 0 Å². The highest BCUT2D eigenvalue weighted by molar-refractivity contribution is 6.31. The molecular formula is C15H27ClN4. The summed E-state index contributed by atoms with van der Waals surface area (Å²) in [5.74, 6) is 0. The van der Waals surface area contributed by atoms with E-state index in [0.717, 1.165) is 48.9 Å². The summed E-state index contributed by atoms with van der Waals surface area (Å²) in [5, 5.41) is 8.96. The van der Waals surface area contributed by atoms with Crippen LogP contribution in [-0.4, -0.2) is 39.4 Å². The minimum atomic E-state index is 0.187. The first-order valence-corrected chi connectivity index (χ1v) is 7.97. The third kappa shape index (κ3) is 2.87. The lowest BCUT2D eigenvalue weighted by Crippen LogP contribution is -2.62. The van der Waals surface area contributed by atoms with Crippen molar-refractivity contribution in [3.05, 3.63) is 16.4 Å². The zero-order valence-electron chi connectivity index (χ0n) is 13.3. The summed E-state index contributed by atoms with van der Waals surface area (Å²) < 4.78 is 1.95. The lowest BCUT2D eigenvalue weighted by molar-refractivity contribution is 0.0432. The minimum absolute atomic E-state index is 0.187. The van der Waals surface area contributed by atoms with Crippen LogP contribution in [0, 0.1) is 0 Å². The van der Waals surface area contributed by atoms with E-state index in [4.69, 9.17) is 11.6 Å². The number of halogens is 1. The molecule has 4 nitrogen and oxygen atoms in total. The Labute approximate surface area is 127 Å². The second-order valence-electron chi connectivity index (χ2n) is 6.20. The normalized spacial score (nSPS) is 28.0. The van der Waals surface area contributed by atoms with Gasteiger partial charge in [0.15, 0.2) is 0 Å². The van der Waals surface area contributed by atoms with Crippen LogP contribution in [0.1, 0.15) is 45.5 Å². The third-order valence-electron chi connectivity index (χ3n) is 4.69. The van der Waals surface area contributed by atoms with Crippen molar-refractivity contribution in [3.63, 3.8) is 0 Å². The summed E-state index contributed by atoms with van der Waals surface area (Å²) in [6.07, 6.45) is 2.01. The number of nitrogens with one attached hydrogen (secondary N) is 1. The zero-order chi connectivity index (χ0) is 14.9. The Morgan fingerprint density at radius 1 is 1.45 bits per heavy atom. The van der Waals surface area contributed by atoms with Crippen molar-refractivity contribution in [2.45, 2.75) is 58.7 Å². The van der Waals surface area contributed by atoms with Crippen molar-refractivity contribution in [2.24, 2.45) is 7.05 Å². The van der Waals surface area contributed by atoms with Gasteiger partial charge in [0.05, 0.1) is 16.4 Å². The number of rotatable bonds is 4. The van der Waals surface area contributed by atoms with Gasteiger partial charge in [0.1, 0.15) is 0 Å². The van der Waals surface area contributed by atoms with Gasteiger partial charge < -0.3 is 5.32 Å². The maximum absolute atomic E-state index is 6.50. The summed E-state index contributed by atoms with van der Waals surface area (Å²) in [7, 11) is 2.00. The van der Waals surface area contributed by atoms with Gasteiger partial charge >= 0.3 is 0 Å². The van der Waals surface area contributed by atoms with Gasteiger partial charge in [-0.05, 0) is 26.7 Å². The third-order valence-corrected chi connectivity index (χ3v) is 5.13. The molecule has 2 rings (SSSR count). The first kappa shape index (κ1) is 15.8. The monoisotopic (exact) mass is 298 g/mol. The number of nitrogens with zero attached hydrogens (tertiary/aromatic N) is 3. The van der Waals surface area contributed by atoms with Crippen LogP contribution in [-0.2, 0) is 20.0 Å². The molecule has 1 aromatic rings. The predicted octanol–water partition coefficient (Wildman–Crippen LogP) is 2.60. The minimum Gasteiger partial charge on any atom is -0.311 e. The Kier molecular flexibility index (Phi) is 4.77. The van der Waals surface area contributed by atoms with Gasteiger partial charge in [-0.3, -0.25) is 9.58 Å². The molecule has 0 aromatic carbocycles. The van der Waals surface area contributed by atoms with Crippen LogP contribution in [0.5, 0.6) is 0 Å². The van der Waals surface area contributed by atoms with Gasteiger partial charge in [-0.2, -0.15) is 5.10 Å². The van der Waals surface area contributed by atoms with Crippen LogP contribution in [0.25, 0.3) is 0 Å². The Hall–Kier alpha value is -0.580. The Balaban J connectivity index is 2.25. The summed E-state index contributed by atoms with van der Waals surface area (Å²) in [6.45, 7) is 11.9. The molecule has 1 aliphatic rings. The molecule has 2 atom stereocenters. The van der Waals surface area contributed by atoms with Crippen LogP contribution in [0.15, 0.2) is 0 Å². The molecule has 114 valence electrons. The zero-order valence-corrected chi connectivity index (χ0v) is 14.1. The second-order valence-corrected chi connectivity index (χ2v) is 6.58. The fourth-order valence-electron chi connectivity index (χ4n) is 2.90. The maximum atomic E-state index is 6.50. The van der Waals surface area contributed by atoms with Crippen LogP contribution >= 0.6 is 11.6 Å². The van der Waals surface area contributed by atoms with Gasteiger partial charge in [-0.15, -0.1) is 0 Å². The largest absolute Gasteiger partial charge is 0.311 e. The van der Waals surface area contributed by atoms with Crippen molar-refractivity contribution < 1.29 is 0 Å². The highest BCUT2D eigenvalue weighted by Gasteiger charge is 2.36. The van der Waals surface area contributed by atoms with Crippen LogP contribution in [0.2, 0.25) is 5.02 Å². The van der Waals surface area contributed by atoms with Crippen molar-refractivity contribution >= 4 is 11.6 Å². The molecule has 1 aromatic heterocycles. The number of piperazine rings is 1. The quantitative estimate of drug-likeness (QED) is 0.927. The van der Waals surface area contributed by atoms with E-state index in [0.29, 0.717) is 6.04 Å². The first-order valence-electron chi connectivity index (χ1n) is 7.60. The van der Waals surface area contributed by atoms with E-state index in [1.807, 2.05) is 11.7 Å². The number of hydrogen-bond donors (Lipinski definition) is 1. The summed E-state index contributed by atoms with van der Waals surface area (Å²) in [5.41, 5.74) is 2.33. The number of aromatic nitrogens is 2. The Bertz CT molecular complexity index is 471. The molecule has 0 radical (unpaired) electrons. The highest BCUT2D eigenvalue weighted by Crippen LogP contribution is 2.28. The van der Waals surface area contributed by atoms with E-state index in [1.54, 1.807) is 0 Å². The Morgan fingerprint density at radius 2 is 2.15 bits per heavy atom. The molecular weight excluding hydrogens is 272 g/mol. The van der Waals surface area contributed by atoms with Crippen molar-refractivity contribution in [1.82, 2.24) is 20.0 Å². The van der Waals surface area contributed by atoms with E-state index in [9.17, 15) is 0 Å². The SMILES string of the molecule is CCc1nn(C)c(CN2CC(C)NCC2(C)CC)c1Cl. The molecule has 5 heteroatoms. The molecule has 20 heavy (non-hydrogen) atoms. The first-order chi connectivity index (χ1) is 9.41. The summed E-state index contributed by atoms with van der Waals surface area (Å²) in [6, 6.07) is 0.521. The van der Waals surface area contributed by atoms with Gasteiger partial charge in [-0.1, -0.05) is 25.4 Å². The predicted molar refractivity (Wildman–Crippen MR) is 84.2 cm³/mol. The molecule has 2 unspecified atom stereocenters. The molecule has 1 saturated heterocycles. The standard InChI is InChI=1S/C15H27ClN4/c1-6-12-14(16)13(19(5)18-12)9-20-8-11(3)17-10-15(20,4)7-2/h11,17H,6-10H2,1-5H3. The molecule has 0 amide bonds. The fourth-order valence-corrected chi connectivity index (χ4v) is 3.25. The highest BCUT2D eigenvalue weighted by atomic mass is 35.5. The number of aryl methyl sites for hydroxylation is 2. The Morgan fingerprint density at radius 3 is 2.70 bits per heavy atom. The average Bonchev–Trinajstić information content (AvgIpc) is 2.70. The maximum Gasteiger partial charge on any atom is 0.0863 e.